The van der Waals surface area contributed by atoms with Crippen molar-refractivity contribution in [2.45, 2.75) is 52.9 Å². The lowest BCUT2D eigenvalue weighted by atomic mass is 9.95. The fourth-order valence-corrected chi connectivity index (χ4v) is 2.17. The van der Waals surface area contributed by atoms with Gasteiger partial charge in [-0.05, 0) is 31.0 Å². The summed E-state index contributed by atoms with van der Waals surface area (Å²) in [6.45, 7) is 10.9. The highest BCUT2D eigenvalue weighted by Crippen LogP contribution is 2.23. The van der Waals surface area contributed by atoms with Crippen LogP contribution in [0.4, 0.5) is 0 Å². The fourth-order valence-electron chi connectivity index (χ4n) is 2.17. The van der Waals surface area contributed by atoms with Crippen LogP contribution in [0.2, 0.25) is 0 Å². The molecule has 17 heavy (non-hydrogen) atoms. The van der Waals surface area contributed by atoms with Gasteiger partial charge >= 0.3 is 0 Å². The van der Waals surface area contributed by atoms with Crippen LogP contribution < -0.4 is 0 Å². The molecule has 0 aliphatic carbocycles. The highest BCUT2D eigenvalue weighted by molar-refractivity contribution is 5.44. The molecule has 2 rings (SSSR count). The van der Waals surface area contributed by atoms with Crippen molar-refractivity contribution in [2.75, 3.05) is 0 Å². The van der Waals surface area contributed by atoms with E-state index < -0.39 is 0 Å². The first-order valence-corrected chi connectivity index (χ1v) is 6.28. The summed E-state index contributed by atoms with van der Waals surface area (Å²) in [5.74, 6) is 1.05. The maximum Gasteiger partial charge on any atom is 0.161 e. The standard InChI is InChI=1S/C14H21N3/c1-6-7-11-8-10(2)9-12-15-16-13(17(11)12)14(3,4)5/h8-9H,6-7H2,1-5H3. The van der Waals surface area contributed by atoms with E-state index in [0.29, 0.717) is 0 Å². The Morgan fingerprint density at radius 2 is 1.88 bits per heavy atom. The molecule has 92 valence electrons. The summed E-state index contributed by atoms with van der Waals surface area (Å²) in [5, 5.41) is 8.67. The molecule has 3 nitrogen and oxygen atoms in total. The molecule has 0 spiro atoms. The van der Waals surface area contributed by atoms with Crippen LogP contribution in [0.15, 0.2) is 12.1 Å². The third-order valence-electron chi connectivity index (χ3n) is 2.90. The Morgan fingerprint density at radius 3 is 2.47 bits per heavy atom. The van der Waals surface area contributed by atoms with E-state index >= 15 is 0 Å². The number of aromatic nitrogens is 3. The van der Waals surface area contributed by atoms with E-state index in [1.807, 2.05) is 0 Å². The lowest BCUT2D eigenvalue weighted by Gasteiger charge is -2.18. The van der Waals surface area contributed by atoms with Crippen LogP contribution in [-0.4, -0.2) is 14.6 Å². The van der Waals surface area contributed by atoms with Gasteiger partial charge in [-0.2, -0.15) is 0 Å². The van der Waals surface area contributed by atoms with Gasteiger partial charge in [0.1, 0.15) is 5.82 Å². The summed E-state index contributed by atoms with van der Waals surface area (Å²) < 4.78 is 2.22. The number of aryl methyl sites for hydroxylation is 2. The second-order valence-electron chi connectivity index (χ2n) is 5.74. The van der Waals surface area contributed by atoms with Crippen LogP contribution in [0, 0.1) is 6.92 Å². The quantitative estimate of drug-likeness (QED) is 0.794. The van der Waals surface area contributed by atoms with Gasteiger partial charge in [-0.15, -0.1) is 10.2 Å². The average molecular weight is 231 g/mol. The topological polar surface area (TPSA) is 30.2 Å². The van der Waals surface area contributed by atoms with Gasteiger partial charge in [-0.3, -0.25) is 4.40 Å². The maximum absolute atomic E-state index is 4.36. The lowest BCUT2D eigenvalue weighted by molar-refractivity contribution is 0.534. The van der Waals surface area contributed by atoms with Gasteiger partial charge in [-0.25, -0.2) is 0 Å². The van der Waals surface area contributed by atoms with Gasteiger partial charge in [0.05, 0.1) is 0 Å². The van der Waals surface area contributed by atoms with Gasteiger partial charge in [0.2, 0.25) is 0 Å². The normalized spacial score (nSPS) is 12.3. The molecule has 0 saturated heterocycles. The Labute approximate surface area is 103 Å². The number of rotatable bonds is 2. The highest BCUT2D eigenvalue weighted by Gasteiger charge is 2.22. The van der Waals surface area contributed by atoms with Crippen LogP contribution in [0.25, 0.3) is 5.65 Å². The largest absolute Gasteiger partial charge is 0.283 e. The van der Waals surface area contributed by atoms with Crippen molar-refractivity contribution in [1.82, 2.24) is 14.6 Å². The molecule has 0 fully saturated rings. The second-order valence-corrected chi connectivity index (χ2v) is 5.74. The minimum absolute atomic E-state index is 0.0250. The number of fused-ring (bicyclic) bond motifs is 1. The molecule has 0 bridgehead atoms. The zero-order valence-corrected chi connectivity index (χ0v) is 11.4. The van der Waals surface area contributed by atoms with E-state index in [1.165, 1.54) is 11.3 Å². The Hall–Kier alpha value is -1.38. The minimum atomic E-state index is 0.0250. The number of nitrogens with zero attached hydrogens (tertiary/aromatic N) is 3. The van der Waals surface area contributed by atoms with Crippen molar-refractivity contribution in [3.05, 3.63) is 29.2 Å². The van der Waals surface area contributed by atoms with Crippen molar-refractivity contribution >= 4 is 5.65 Å². The number of pyridine rings is 1. The van der Waals surface area contributed by atoms with E-state index in [-0.39, 0.29) is 5.41 Å². The summed E-state index contributed by atoms with van der Waals surface area (Å²) in [7, 11) is 0. The predicted octanol–water partition coefficient (Wildman–Crippen LogP) is 3.29. The number of hydrogen-bond donors (Lipinski definition) is 0. The Morgan fingerprint density at radius 1 is 1.18 bits per heavy atom. The van der Waals surface area contributed by atoms with Crippen molar-refractivity contribution in [1.29, 1.82) is 0 Å². The Bertz CT molecular complexity index is 532. The van der Waals surface area contributed by atoms with Crippen LogP contribution in [0.5, 0.6) is 0 Å². The van der Waals surface area contributed by atoms with Gasteiger partial charge in [0, 0.05) is 11.1 Å². The van der Waals surface area contributed by atoms with Crippen LogP contribution >= 0.6 is 0 Å². The first-order chi connectivity index (χ1) is 7.93. The summed E-state index contributed by atoms with van der Waals surface area (Å²) in [4.78, 5) is 0. The van der Waals surface area contributed by atoms with Gasteiger partial charge in [0.25, 0.3) is 0 Å². The molecule has 0 radical (unpaired) electrons. The van der Waals surface area contributed by atoms with Crippen LogP contribution in [-0.2, 0) is 11.8 Å². The van der Waals surface area contributed by atoms with Gasteiger partial charge in [0.15, 0.2) is 5.65 Å². The summed E-state index contributed by atoms with van der Waals surface area (Å²) in [5.41, 5.74) is 3.57. The Balaban J connectivity index is 2.73. The van der Waals surface area contributed by atoms with Crippen molar-refractivity contribution < 1.29 is 0 Å². The molecule has 0 aliphatic heterocycles. The molecule has 0 unspecified atom stereocenters. The van der Waals surface area contributed by atoms with Crippen molar-refractivity contribution in [3.8, 4) is 0 Å². The fraction of sp³-hybridized carbons (Fsp3) is 0.571. The molecule has 0 amide bonds. The molecular weight excluding hydrogens is 210 g/mol. The average Bonchev–Trinajstić information content (AvgIpc) is 2.60. The first-order valence-electron chi connectivity index (χ1n) is 6.28. The third-order valence-corrected chi connectivity index (χ3v) is 2.90. The minimum Gasteiger partial charge on any atom is -0.283 e. The summed E-state index contributed by atoms with van der Waals surface area (Å²) in [6, 6.07) is 4.34. The first kappa shape index (κ1) is 12.1. The van der Waals surface area contributed by atoms with E-state index in [1.54, 1.807) is 0 Å². The van der Waals surface area contributed by atoms with E-state index in [9.17, 15) is 0 Å². The SMILES string of the molecule is CCCc1cc(C)cc2nnc(C(C)(C)C)n12. The molecule has 2 aromatic rings. The van der Waals surface area contributed by atoms with Crippen LogP contribution in [0.3, 0.4) is 0 Å². The second kappa shape index (κ2) is 4.13. The van der Waals surface area contributed by atoms with E-state index in [2.05, 4.69) is 61.3 Å². The molecular formula is C14H21N3. The molecule has 0 N–H and O–H groups in total. The zero-order chi connectivity index (χ0) is 12.6. The molecule has 3 heteroatoms. The lowest BCUT2D eigenvalue weighted by Crippen LogP contribution is -2.17. The zero-order valence-electron chi connectivity index (χ0n) is 11.4. The van der Waals surface area contributed by atoms with E-state index in [0.717, 1.165) is 24.3 Å². The van der Waals surface area contributed by atoms with Crippen molar-refractivity contribution in [2.24, 2.45) is 0 Å². The molecule has 2 aromatic heterocycles. The van der Waals surface area contributed by atoms with E-state index in [4.69, 9.17) is 0 Å². The van der Waals surface area contributed by atoms with Crippen LogP contribution in [0.1, 0.15) is 51.2 Å². The molecule has 0 atom stereocenters. The molecule has 2 heterocycles. The maximum atomic E-state index is 4.36. The number of hydrogen-bond acceptors (Lipinski definition) is 2. The van der Waals surface area contributed by atoms with Gasteiger partial charge in [-0.1, -0.05) is 34.1 Å². The molecule has 0 saturated carbocycles. The summed E-state index contributed by atoms with van der Waals surface area (Å²) in [6.07, 6.45) is 2.21. The Kier molecular flexibility index (Phi) is 2.94. The highest BCUT2D eigenvalue weighted by atomic mass is 15.3. The molecule has 0 aromatic carbocycles. The predicted molar refractivity (Wildman–Crippen MR) is 70.4 cm³/mol. The van der Waals surface area contributed by atoms with Crippen molar-refractivity contribution in [3.63, 3.8) is 0 Å². The monoisotopic (exact) mass is 231 g/mol. The smallest absolute Gasteiger partial charge is 0.161 e. The summed E-state index contributed by atoms with van der Waals surface area (Å²) >= 11 is 0. The molecule has 0 aliphatic rings. The third kappa shape index (κ3) is 2.19. The van der Waals surface area contributed by atoms with Gasteiger partial charge < -0.3 is 0 Å².